The van der Waals surface area contributed by atoms with Crippen LogP contribution in [-0.4, -0.2) is 26.8 Å². The van der Waals surface area contributed by atoms with Gasteiger partial charge in [-0.2, -0.15) is 5.10 Å². The smallest absolute Gasteiger partial charge is 0.331 e. The van der Waals surface area contributed by atoms with Gasteiger partial charge in [0.25, 0.3) is 0 Å². The Bertz CT molecular complexity index is 471. The Morgan fingerprint density at radius 2 is 2.00 bits per heavy atom. The molecular formula is C12H19N3O3. The first kappa shape index (κ1) is 14.2. The van der Waals surface area contributed by atoms with Crippen molar-refractivity contribution in [3.8, 4) is 0 Å². The molecule has 1 rings (SSSR count). The number of aryl methyl sites for hydroxylation is 1. The summed E-state index contributed by atoms with van der Waals surface area (Å²) in [5.41, 5.74) is 0.904. The Morgan fingerprint density at radius 1 is 1.44 bits per heavy atom. The predicted octanol–water partition coefficient (Wildman–Crippen LogP) is 0.979. The first-order valence-corrected chi connectivity index (χ1v) is 5.67. The number of amides is 1. The van der Waals surface area contributed by atoms with Crippen LogP contribution in [0.15, 0.2) is 6.20 Å². The Kier molecular flexibility index (Phi) is 3.79. The van der Waals surface area contributed by atoms with Gasteiger partial charge in [0.05, 0.1) is 5.69 Å². The van der Waals surface area contributed by atoms with Crippen LogP contribution in [0.3, 0.4) is 0 Å². The van der Waals surface area contributed by atoms with E-state index in [1.807, 2.05) is 20.8 Å². The zero-order chi connectivity index (χ0) is 14.1. The molecule has 0 bridgehead atoms. The van der Waals surface area contributed by atoms with Crippen LogP contribution in [0.2, 0.25) is 0 Å². The molecule has 1 aromatic heterocycles. The summed E-state index contributed by atoms with van der Waals surface area (Å²) in [7, 11) is 1.73. The molecule has 100 valence electrons. The molecule has 0 aliphatic carbocycles. The summed E-state index contributed by atoms with van der Waals surface area (Å²) < 4.78 is 1.56. The molecule has 1 heterocycles. The molecule has 0 aliphatic heterocycles. The molecule has 0 aromatic carbocycles. The number of hydrogen-bond donors (Lipinski definition) is 2. The molecule has 1 aromatic rings. The SMILES string of the molecule is CC(=O)NC(C(=O)O)c1cn(C)nc1C(C)(C)C. The summed E-state index contributed by atoms with van der Waals surface area (Å²) in [5, 5.41) is 15.9. The number of aromatic nitrogens is 2. The van der Waals surface area contributed by atoms with Crippen LogP contribution in [0.5, 0.6) is 0 Å². The highest BCUT2D eigenvalue weighted by atomic mass is 16.4. The van der Waals surface area contributed by atoms with Crippen LogP contribution in [0.25, 0.3) is 0 Å². The molecule has 18 heavy (non-hydrogen) atoms. The largest absolute Gasteiger partial charge is 0.479 e. The molecule has 0 spiro atoms. The lowest BCUT2D eigenvalue weighted by molar-refractivity contribution is -0.141. The van der Waals surface area contributed by atoms with E-state index < -0.39 is 12.0 Å². The van der Waals surface area contributed by atoms with E-state index in [0.717, 1.165) is 0 Å². The van der Waals surface area contributed by atoms with Crippen LogP contribution in [0.1, 0.15) is 45.0 Å². The fourth-order valence-corrected chi connectivity index (χ4v) is 1.78. The van der Waals surface area contributed by atoms with E-state index in [2.05, 4.69) is 10.4 Å². The molecule has 0 saturated carbocycles. The average molecular weight is 253 g/mol. The highest BCUT2D eigenvalue weighted by molar-refractivity contribution is 5.83. The number of nitrogens with zero attached hydrogens (tertiary/aromatic N) is 2. The number of hydrogen-bond acceptors (Lipinski definition) is 3. The quantitative estimate of drug-likeness (QED) is 0.841. The minimum atomic E-state index is -1.09. The molecule has 0 aliphatic rings. The van der Waals surface area contributed by atoms with Gasteiger partial charge in [-0.25, -0.2) is 4.79 Å². The summed E-state index contributed by atoms with van der Waals surface area (Å²) in [6.07, 6.45) is 1.63. The Labute approximate surface area is 106 Å². The molecule has 1 unspecified atom stereocenters. The first-order valence-electron chi connectivity index (χ1n) is 5.67. The summed E-state index contributed by atoms with van der Waals surface area (Å²) in [5.74, 6) is -1.48. The van der Waals surface area contributed by atoms with Crippen molar-refractivity contribution < 1.29 is 14.7 Å². The minimum Gasteiger partial charge on any atom is -0.479 e. The van der Waals surface area contributed by atoms with Crippen molar-refractivity contribution in [3.05, 3.63) is 17.5 Å². The van der Waals surface area contributed by atoms with Gasteiger partial charge in [-0.05, 0) is 0 Å². The van der Waals surface area contributed by atoms with Crippen molar-refractivity contribution in [2.45, 2.75) is 39.2 Å². The van der Waals surface area contributed by atoms with E-state index in [4.69, 9.17) is 0 Å². The molecule has 2 N–H and O–H groups in total. The Balaban J connectivity index is 3.28. The van der Waals surface area contributed by atoms with Crippen molar-refractivity contribution in [2.24, 2.45) is 7.05 Å². The van der Waals surface area contributed by atoms with Crippen molar-refractivity contribution in [2.75, 3.05) is 0 Å². The highest BCUT2D eigenvalue weighted by Gasteiger charge is 2.30. The number of aliphatic carboxylic acids is 1. The number of carboxylic acids is 1. The molecule has 6 nitrogen and oxygen atoms in total. The summed E-state index contributed by atoms with van der Waals surface area (Å²) >= 11 is 0. The van der Waals surface area contributed by atoms with Crippen LogP contribution >= 0.6 is 0 Å². The van der Waals surface area contributed by atoms with Gasteiger partial charge in [0.1, 0.15) is 0 Å². The van der Waals surface area contributed by atoms with Crippen molar-refractivity contribution >= 4 is 11.9 Å². The van der Waals surface area contributed by atoms with E-state index in [0.29, 0.717) is 11.3 Å². The topological polar surface area (TPSA) is 84.2 Å². The predicted molar refractivity (Wildman–Crippen MR) is 66.1 cm³/mol. The maximum absolute atomic E-state index is 11.3. The second-order valence-corrected chi connectivity index (χ2v) is 5.33. The lowest BCUT2D eigenvalue weighted by Crippen LogP contribution is -2.33. The van der Waals surface area contributed by atoms with E-state index in [1.165, 1.54) is 6.92 Å². The van der Waals surface area contributed by atoms with E-state index in [-0.39, 0.29) is 11.3 Å². The van der Waals surface area contributed by atoms with Crippen molar-refractivity contribution in [1.82, 2.24) is 15.1 Å². The molecule has 0 fully saturated rings. The summed E-state index contributed by atoms with van der Waals surface area (Å²) in [6.45, 7) is 7.14. The third-order valence-corrected chi connectivity index (χ3v) is 2.47. The Morgan fingerprint density at radius 3 is 2.39 bits per heavy atom. The number of rotatable bonds is 3. The lowest BCUT2D eigenvalue weighted by Gasteiger charge is -2.20. The number of nitrogens with one attached hydrogen (secondary N) is 1. The van der Waals surface area contributed by atoms with Crippen LogP contribution < -0.4 is 5.32 Å². The van der Waals surface area contributed by atoms with Crippen molar-refractivity contribution in [1.29, 1.82) is 0 Å². The van der Waals surface area contributed by atoms with Gasteiger partial charge in [0, 0.05) is 31.1 Å². The number of carbonyl (C=O) groups is 2. The normalized spacial score (nSPS) is 13.2. The van der Waals surface area contributed by atoms with Gasteiger partial charge < -0.3 is 10.4 Å². The standard InChI is InChI=1S/C12H19N3O3/c1-7(16)13-9(11(17)18)8-6-15(5)14-10(8)12(2,3)4/h6,9H,1-5H3,(H,13,16)(H,17,18). The maximum atomic E-state index is 11.3. The zero-order valence-corrected chi connectivity index (χ0v) is 11.3. The van der Waals surface area contributed by atoms with E-state index in [1.54, 1.807) is 17.9 Å². The van der Waals surface area contributed by atoms with Gasteiger partial charge in [0.15, 0.2) is 6.04 Å². The molecule has 1 amide bonds. The number of carbonyl (C=O) groups excluding carboxylic acids is 1. The maximum Gasteiger partial charge on any atom is 0.331 e. The second kappa shape index (κ2) is 4.80. The van der Waals surface area contributed by atoms with Gasteiger partial charge in [-0.1, -0.05) is 20.8 Å². The lowest BCUT2D eigenvalue weighted by atomic mass is 9.87. The van der Waals surface area contributed by atoms with Gasteiger partial charge in [-0.15, -0.1) is 0 Å². The average Bonchev–Trinajstić information content (AvgIpc) is 2.55. The molecule has 1 atom stereocenters. The molecular weight excluding hydrogens is 234 g/mol. The third kappa shape index (κ3) is 3.09. The minimum absolute atomic E-state index is 0.289. The molecule has 0 saturated heterocycles. The van der Waals surface area contributed by atoms with Gasteiger partial charge in [0.2, 0.25) is 5.91 Å². The monoisotopic (exact) mass is 253 g/mol. The second-order valence-electron chi connectivity index (χ2n) is 5.33. The first-order chi connectivity index (χ1) is 8.12. The fourth-order valence-electron chi connectivity index (χ4n) is 1.78. The zero-order valence-electron chi connectivity index (χ0n) is 11.3. The third-order valence-electron chi connectivity index (χ3n) is 2.47. The van der Waals surface area contributed by atoms with Gasteiger partial charge in [-0.3, -0.25) is 9.48 Å². The van der Waals surface area contributed by atoms with Gasteiger partial charge >= 0.3 is 5.97 Å². The molecule has 0 radical (unpaired) electrons. The van der Waals surface area contributed by atoms with Crippen LogP contribution in [-0.2, 0) is 22.1 Å². The summed E-state index contributed by atoms with van der Waals surface area (Å²) in [6, 6.07) is -1.06. The van der Waals surface area contributed by atoms with Crippen molar-refractivity contribution in [3.63, 3.8) is 0 Å². The molecule has 6 heteroatoms. The van der Waals surface area contributed by atoms with E-state index in [9.17, 15) is 14.7 Å². The van der Waals surface area contributed by atoms with Crippen LogP contribution in [0.4, 0.5) is 0 Å². The van der Waals surface area contributed by atoms with E-state index >= 15 is 0 Å². The Hall–Kier alpha value is -1.85. The highest BCUT2D eigenvalue weighted by Crippen LogP contribution is 2.28. The fraction of sp³-hybridized carbons (Fsp3) is 0.583. The summed E-state index contributed by atoms with van der Waals surface area (Å²) in [4.78, 5) is 22.4. The number of carboxylic acid groups (broad SMARTS) is 1. The van der Waals surface area contributed by atoms with Crippen LogP contribution in [0, 0.1) is 0 Å².